The van der Waals surface area contributed by atoms with Crippen LogP contribution in [0, 0.1) is 6.08 Å². The summed E-state index contributed by atoms with van der Waals surface area (Å²) < 4.78 is 0. The Hall–Kier alpha value is 1.38. The van der Waals surface area contributed by atoms with Crippen molar-refractivity contribution in [1.29, 1.82) is 0 Å². The fraction of sp³-hybridized carbons (Fsp3) is 0.733. The Morgan fingerprint density at radius 1 is 0.700 bits per heavy atom. The topological polar surface area (TPSA) is 0 Å². The van der Waals surface area contributed by atoms with Crippen molar-refractivity contribution in [3.63, 3.8) is 0 Å². The summed E-state index contributed by atoms with van der Waals surface area (Å²) in [4.78, 5) is 0. The van der Waals surface area contributed by atoms with E-state index in [1.165, 1.54) is 12.8 Å². The fourth-order valence-corrected chi connectivity index (χ4v) is 6.00. The van der Waals surface area contributed by atoms with Crippen molar-refractivity contribution >= 4 is 19.0 Å². The minimum absolute atomic E-state index is 0. The van der Waals surface area contributed by atoms with Crippen molar-refractivity contribution < 1.29 is 51.0 Å². The van der Waals surface area contributed by atoms with Crippen molar-refractivity contribution in [3.05, 3.63) is 24.3 Å². The third-order valence-corrected chi connectivity index (χ3v) is 7.59. The van der Waals surface area contributed by atoms with E-state index in [0.717, 1.165) is 6.42 Å². The smallest absolute Gasteiger partial charge is 1.00 e. The Bertz CT molecular complexity index is 171. The van der Waals surface area contributed by atoms with Gasteiger partial charge in [-0.2, -0.15) is 6.08 Å². The van der Waals surface area contributed by atoms with Crippen LogP contribution in [0.3, 0.4) is 0 Å². The molecule has 0 aromatic carbocycles. The molecule has 0 aromatic rings. The molecule has 0 nitrogen and oxygen atoms in total. The maximum absolute atomic E-state index is 2.99. The van der Waals surface area contributed by atoms with Crippen LogP contribution in [-0.4, -0.2) is 19.0 Å². The van der Waals surface area contributed by atoms with E-state index in [-0.39, 0.29) is 51.0 Å². The first-order valence-electron chi connectivity index (χ1n) is 7.72. The van der Waals surface area contributed by atoms with E-state index < -0.39 is 0 Å². The molecule has 1 radical (unpaired) electrons. The van der Waals surface area contributed by atoms with E-state index in [1.54, 1.807) is 49.9 Å². The quantitative estimate of drug-likeness (QED) is 0.300. The van der Waals surface area contributed by atoms with E-state index in [4.69, 9.17) is 0 Å². The van der Waals surface area contributed by atoms with Crippen LogP contribution in [0.5, 0.6) is 0 Å². The second-order valence-electron chi connectivity index (χ2n) is 5.25. The maximum Gasteiger partial charge on any atom is 3.00 e. The van der Waals surface area contributed by atoms with Gasteiger partial charge in [-0.15, -0.1) is 6.42 Å². The molecule has 3 aliphatic rings. The Morgan fingerprint density at radius 3 is 1.25 bits per heavy atom. The van der Waals surface area contributed by atoms with E-state index >= 15 is 0 Å². The molecular weight excluding hydrogens is 398 g/mol. The summed E-state index contributed by atoms with van der Waals surface area (Å²) in [5.74, 6) is 0. The zero-order valence-corrected chi connectivity index (χ0v) is 19.5. The molecule has 0 spiro atoms. The zero-order valence-electron chi connectivity index (χ0n) is 12.7. The van der Waals surface area contributed by atoms with Gasteiger partial charge in [0, 0.05) is 19.0 Å². The van der Waals surface area contributed by atoms with Gasteiger partial charge in [-0.05, 0) is 0 Å². The van der Waals surface area contributed by atoms with E-state index in [0.29, 0.717) is 19.0 Å². The van der Waals surface area contributed by atoms with E-state index in [2.05, 4.69) is 12.2 Å². The molecule has 0 aromatic heterocycles. The maximum atomic E-state index is 2.99. The molecule has 2 aliphatic heterocycles. The van der Waals surface area contributed by atoms with Crippen LogP contribution in [0.1, 0.15) is 44.9 Å². The Morgan fingerprint density at radius 2 is 1.15 bits per heavy atom. The first kappa shape index (κ1) is 26.3. The molecule has 0 atom stereocenters. The summed E-state index contributed by atoms with van der Waals surface area (Å²) in [6.45, 7) is 0. The molecular formula is C15H29Cl2Si2Zr. The molecule has 2 heterocycles. The van der Waals surface area contributed by atoms with Gasteiger partial charge in [-0.1, -0.05) is 62.7 Å². The van der Waals surface area contributed by atoms with Crippen molar-refractivity contribution in [1.82, 2.24) is 0 Å². The van der Waals surface area contributed by atoms with Crippen LogP contribution in [0.4, 0.5) is 0 Å². The van der Waals surface area contributed by atoms with Crippen LogP contribution in [0.15, 0.2) is 18.2 Å². The van der Waals surface area contributed by atoms with Crippen molar-refractivity contribution in [2.24, 2.45) is 0 Å². The van der Waals surface area contributed by atoms with Gasteiger partial charge in [0.25, 0.3) is 0 Å². The van der Waals surface area contributed by atoms with Gasteiger partial charge in [-0.25, -0.2) is 12.2 Å². The minimum atomic E-state index is 0. The van der Waals surface area contributed by atoms with Crippen molar-refractivity contribution in [3.8, 4) is 0 Å². The summed E-state index contributed by atoms with van der Waals surface area (Å²) in [6, 6.07) is 6.56. The molecule has 0 saturated carbocycles. The largest absolute Gasteiger partial charge is 3.00 e. The molecule has 20 heavy (non-hydrogen) atoms. The third kappa shape index (κ3) is 19.4. The predicted molar refractivity (Wildman–Crippen MR) is 85.6 cm³/mol. The molecule has 115 valence electrons. The van der Waals surface area contributed by atoms with Crippen LogP contribution in [0.25, 0.3) is 0 Å². The minimum Gasteiger partial charge on any atom is -1.00 e. The molecule has 1 aliphatic carbocycles. The van der Waals surface area contributed by atoms with Gasteiger partial charge in [0.1, 0.15) is 0 Å². The molecule has 2 fully saturated rings. The molecule has 0 unspecified atom stereocenters. The number of hydrogen-bond acceptors (Lipinski definition) is 0. The molecule has 2 saturated heterocycles. The van der Waals surface area contributed by atoms with Crippen LogP contribution in [-0.2, 0) is 26.2 Å². The van der Waals surface area contributed by atoms with Gasteiger partial charge in [0.2, 0.25) is 0 Å². The Balaban J connectivity index is -0.000000202. The van der Waals surface area contributed by atoms with Crippen LogP contribution >= 0.6 is 0 Å². The van der Waals surface area contributed by atoms with Crippen LogP contribution in [0.2, 0.25) is 24.2 Å². The first-order chi connectivity index (χ1) is 8.50. The summed E-state index contributed by atoms with van der Waals surface area (Å²) in [6.07, 6.45) is 19.3. The molecule has 0 bridgehead atoms. The van der Waals surface area contributed by atoms with Crippen molar-refractivity contribution in [2.75, 3.05) is 0 Å². The average molecular weight is 428 g/mol. The summed E-state index contributed by atoms with van der Waals surface area (Å²) in [7, 11) is 1.02. The second kappa shape index (κ2) is 22.7. The Labute approximate surface area is 162 Å². The molecule has 0 amide bonds. The van der Waals surface area contributed by atoms with Crippen LogP contribution < -0.4 is 24.8 Å². The number of rotatable bonds is 0. The Kier molecular flexibility index (Phi) is 29.8. The third-order valence-electron chi connectivity index (χ3n) is 3.59. The predicted octanol–water partition coefficient (Wildman–Crippen LogP) is -2.34. The number of allylic oxidation sites excluding steroid dienone is 4. The number of halogens is 2. The number of hydrogen-bond donors (Lipinski definition) is 0. The van der Waals surface area contributed by atoms with Crippen molar-refractivity contribution in [2.45, 2.75) is 69.1 Å². The summed E-state index contributed by atoms with van der Waals surface area (Å²) >= 11 is 0. The van der Waals surface area contributed by atoms with E-state index in [9.17, 15) is 0 Å². The second-order valence-corrected chi connectivity index (χ2v) is 9.49. The normalized spacial score (nSPS) is 18.8. The molecule has 5 heteroatoms. The van der Waals surface area contributed by atoms with Gasteiger partial charge >= 0.3 is 26.2 Å². The van der Waals surface area contributed by atoms with Gasteiger partial charge < -0.3 is 24.8 Å². The van der Waals surface area contributed by atoms with E-state index in [1.807, 2.05) is 12.2 Å². The summed E-state index contributed by atoms with van der Waals surface area (Å²) in [5, 5.41) is 0. The average Bonchev–Trinajstić information content (AvgIpc) is 3.03. The van der Waals surface area contributed by atoms with Gasteiger partial charge in [-0.3, -0.25) is 6.08 Å². The monoisotopic (exact) mass is 425 g/mol. The molecule has 0 N–H and O–H groups in total. The summed E-state index contributed by atoms with van der Waals surface area (Å²) in [5.41, 5.74) is 0. The standard InChI is InChI=1S/2C5H12Si.C5H5.2ClH.Zr/c2*1-2-4-6-5-3-1;1-2-4-5-3-1;;;/h2*1-6H2;1-3H,4H2;2*1H;/q;;-1;;;+3/p-2. The zero-order chi connectivity index (χ0) is 12.0. The fourth-order valence-electron chi connectivity index (χ4n) is 2.46. The first-order valence-corrected chi connectivity index (χ1v) is 11.7. The van der Waals surface area contributed by atoms with Gasteiger partial charge in [0.15, 0.2) is 0 Å². The van der Waals surface area contributed by atoms with Gasteiger partial charge in [0.05, 0.1) is 0 Å². The molecule has 3 rings (SSSR count). The SMILES string of the molecule is C1CC[SiH2]CC1.C1CC[SiH2]CC1.[C-]1=CC=CC1.[Cl-].[Cl-].[Zr+3].